The van der Waals surface area contributed by atoms with Gasteiger partial charge in [0.2, 0.25) is 10.0 Å². The van der Waals surface area contributed by atoms with Gasteiger partial charge in [0.05, 0.1) is 4.90 Å². The Kier molecular flexibility index (Phi) is 5.61. The summed E-state index contributed by atoms with van der Waals surface area (Å²) in [7, 11) is -3.38. The van der Waals surface area contributed by atoms with Crippen LogP contribution in [0, 0.1) is 5.92 Å². The van der Waals surface area contributed by atoms with Crippen LogP contribution in [0.4, 0.5) is 5.69 Å². The van der Waals surface area contributed by atoms with Crippen LogP contribution in [-0.4, -0.2) is 27.5 Å². The maximum Gasteiger partial charge on any atom is 0.240 e. The molecule has 4 N–H and O–H groups in total. The van der Waals surface area contributed by atoms with Gasteiger partial charge in [0.25, 0.3) is 0 Å². The molecule has 0 aliphatic heterocycles. The Hall–Kier alpha value is -1.11. The molecule has 1 fully saturated rings. The summed E-state index contributed by atoms with van der Waals surface area (Å²) in [5.74, 6) is 0.514. The van der Waals surface area contributed by atoms with Crippen molar-refractivity contribution < 1.29 is 8.42 Å². The number of nitrogens with two attached hydrogens (primary N) is 1. The van der Waals surface area contributed by atoms with Crippen molar-refractivity contribution in [2.75, 3.05) is 18.4 Å². The van der Waals surface area contributed by atoms with Gasteiger partial charge in [0.15, 0.2) is 0 Å². The van der Waals surface area contributed by atoms with Gasteiger partial charge < -0.3 is 11.1 Å². The van der Waals surface area contributed by atoms with Gasteiger partial charge in [-0.15, -0.1) is 0 Å². The minimum atomic E-state index is -3.38. The third-order valence-electron chi connectivity index (χ3n) is 3.99. The van der Waals surface area contributed by atoms with E-state index in [1.165, 1.54) is 12.8 Å². The van der Waals surface area contributed by atoms with Crippen molar-refractivity contribution in [3.63, 3.8) is 0 Å². The summed E-state index contributed by atoms with van der Waals surface area (Å²) in [6, 6.07) is 7.17. The van der Waals surface area contributed by atoms with Gasteiger partial charge in [-0.25, -0.2) is 13.1 Å². The van der Waals surface area contributed by atoms with E-state index in [-0.39, 0.29) is 6.04 Å². The first-order chi connectivity index (χ1) is 10.0. The van der Waals surface area contributed by atoms with Gasteiger partial charge >= 0.3 is 0 Å². The molecule has 0 aromatic heterocycles. The zero-order chi connectivity index (χ0) is 15.3. The molecule has 1 aliphatic rings. The number of anilines is 1. The molecule has 0 amide bonds. The number of sulfonamides is 1. The lowest BCUT2D eigenvalue weighted by Crippen LogP contribution is -2.29. The van der Waals surface area contributed by atoms with Crippen LogP contribution in [0.5, 0.6) is 0 Å². The predicted octanol–water partition coefficient (Wildman–Crippen LogP) is 1.91. The largest absolute Gasteiger partial charge is 0.385 e. The summed E-state index contributed by atoms with van der Waals surface area (Å²) in [6.07, 6.45) is 4.25. The van der Waals surface area contributed by atoms with E-state index in [2.05, 4.69) is 10.0 Å². The molecule has 1 aromatic carbocycles. The molecule has 2 unspecified atom stereocenters. The maximum absolute atomic E-state index is 12.0. The molecule has 6 heteroatoms. The van der Waals surface area contributed by atoms with Gasteiger partial charge in [-0.3, -0.25) is 0 Å². The minimum Gasteiger partial charge on any atom is -0.385 e. The van der Waals surface area contributed by atoms with E-state index in [0.717, 1.165) is 25.1 Å². The quantitative estimate of drug-likeness (QED) is 0.718. The third-order valence-corrected chi connectivity index (χ3v) is 5.47. The van der Waals surface area contributed by atoms with Gasteiger partial charge in [0, 0.05) is 24.8 Å². The number of hydrogen-bond donors (Lipinski definition) is 3. The highest BCUT2D eigenvalue weighted by Crippen LogP contribution is 2.24. The minimum absolute atomic E-state index is 0.287. The zero-order valence-corrected chi connectivity index (χ0v) is 13.3. The fourth-order valence-corrected chi connectivity index (χ4v) is 3.77. The molecule has 0 heterocycles. The molecule has 0 bridgehead atoms. The summed E-state index contributed by atoms with van der Waals surface area (Å²) in [4.78, 5) is 0.305. The second-order valence-electron chi connectivity index (χ2n) is 5.66. The van der Waals surface area contributed by atoms with E-state index in [1.807, 2.05) is 6.92 Å². The van der Waals surface area contributed by atoms with E-state index in [0.29, 0.717) is 17.4 Å². The molecule has 21 heavy (non-hydrogen) atoms. The number of rotatable bonds is 7. The van der Waals surface area contributed by atoms with Crippen LogP contribution in [0.15, 0.2) is 29.2 Å². The first-order valence-electron chi connectivity index (χ1n) is 7.62. The van der Waals surface area contributed by atoms with E-state index in [9.17, 15) is 8.42 Å². The van der Waals surface area contributed by atoms with Gasteiger partial charge in [0.1, 0.15) is 0 Å². The predicted molar refractivity (Wildman–Crippen MR) is 85.7 cm³/mol. The Bertz CT molecular complexity index is 543. The van der Waals surface area contributed by atoms with Crippen molar-refractivity contribution in [3.8, 4) is 0 Å². The van der Waals surface area contributed by atoms with Crippen LogP contribution < -0.4 is 15.8 Å². The molecule has 0 spiro atoms. The lowest BCUT2D eigenvalue weighted by Gasteiger charge is -2.17. The summed E-state index contributed by atoms with van der Waals surface area (Å²) < 4.78 is 26.5. The number of benzene rings is 1. The molecule has 0 radical (unpaired) electrons. The third kappa shape index (κ3) is 4.43. The summed E-state index contributed by atoms with van der Waals surface area (Å²) in [5.41, 5.74) is 6.98. The Labute approximate surface area is 127 Å². The molecule has 118 valence electrons. The first kappa shape index (κ1) is 16.3. The van der Waals surface area contributed by atoms with Crippen molar-refractivity contribution in [1.29, 1.82) is 0 Å². The number of nitrogens with one attached hydrogen (secondary N) is 2. The van der Waals surface area contributed by atoms with Crippen molar-refractivity contribution in [2.24, 2.45) is 11.7 Å². The first-order valence-corrected chi connectivity index (χ1v) is 9.10. The van der Waals surface area contributed by atoms with E-state index < -0.39 is 10.0 Å². The topological polar surface area (TPSA) is 84.2 Å². The molecule has 1 aromatic rings. The smallest absolute Gasteiger partial charge is 0.240 e. The van der Waals surface area contributed by atoms with Crippen LogP contribution >= 0.6 is 0 Å². The molecule has 5 nitrogen and oxygen atoms in total. The normalized spacial score (nSPS) is 22.4. The molecular weight excluding hydrogens is 286 g/mol. The standard InChI is InChI=1S/C15H25N3O2S/c1-2-10-18-21(19,20)14-8-6-13(7-9-14)17-11-12-4-3-5-15(12)16/h6-9,12,15,17-18H,2-5,10-11,16H2,1H3. The van der Waals surface area contributed by atoms with Crippen LogP contribution in [-0.2, 0) is 10.0 Å². The van der Waals surface area contributed by atoms with E-state index >= 15 is 0 Å². The zero-order valence-electron chi connectivity index (χ0n) is 12.5. The molecule has 0 saturated heterocycles. The lowest BCUT2D eigenvalue weighted by molar-refractivity contribution is 0.505. The van der Waals surface area contributed by atoms with Crippen LogP contribution in [0.3, 0.4) is 0 Å². The van der Waals surface area contributed by atoms with Crippen LogP contribution in [0.2, 0.25) is 0 Å². The van der Waals surface area contributed by atoms with Crippen molar-refractivity contribution >= 4 is 15.7 Å². The molecular formula is C15H25N3O2S. The Morgan fingerprint density at radius 2 is 1.95 bits per heavy atom. The highest BCUT2D eigenvalue weighted by molar-refractivity contribution is 7.89. The summed E-state index contributed by atoms with van der Waals surface area (Å²) in [5, 5.41) is 3.34. The summed E-state index contributed by atoms with van der Waals surface area (Å²) in [6.45, 7) is 3.24. The highest BCUT2D eigenvalue weighted by Gasteiger charge is 2.23. The fraction of sp³-hybridized carbons (Fsp3) is 0.600. The molecule has 2 atom stereocenters. The summed E-state index contributed by atoms with van der Waals surface area (Å²) >= 11 is 0. The average Bonchev–Trinajstić information content (AvgIpc) is 2.89. The highest BCUT2D eigenvalue weighted by atomic mass is 32.2. The SMILES string of the molecule is CCCNS(=O)(=O)c1ccc(NCC2CCCC2N)cc1. The molecule has 1 saturated carbocycles. The Morgan fingerprint density at radius 3 is 2.52 bits per heavy atom. The molecule has 2 rings (SSSR count). The second kappa shape index (κ2) is 7.24. The van der Waals surface area contributed by atoms with Crippen LogP contribution in [0.1, 0.15) is 32.6 Å². The second-order valence-corrected chi connectivity index (χ2v) is 7.42. The molecule has 1 aliphatic carbocycles. The van der Waals surface area contributed by atoms with Crippen LogP contribution in [0.25, 0.3) is 0 Å². The lowest BCUT2D eigenvalue weighted by atomic mass is 10.0. The monoisotopic (exact) mass is 311 g/mol. The number of hydrogen-bond acceptors (Lipinski definition) is 4. The van der Waals surface area contributed by atoms with Gasteiger partial charge in [-0.05, 0) is 49.4 Å². The van der Waals surface area contributed by atoms with Crippen molar-refractivity contribution in [2.45, 2.75) is 43.5 Å². The van der Waals surface area contributed by atoms with Crippen molar-refractivity contribution in [3.05, 3.63) is 24.3 Å². The fourth-order valence-electron chi connectivity index (χ4n) is 2.64. The van der Waals surface area contributed by atoms with E-state index in [1.54, 1.807) is 24.3 Å². The van der Waals surface area contributed by atoms with Gasteiger partial charge in [-0.2, -0.15) is 0 Å². The maximum atomic E-state index is 12.0. The average molecular weight is 311 g/mol. The van der Waals surface area contributed by atoms with Gasteiger partial charge in [-0.1, -0.05) is 13.3 Å². The van der Waals surface area contributed by atoms with E-state index in [4.69, 9.17) is 5.73 Å². The Balaban J connectivity index is 1.92. The van der Waals surface area contributed by atoms with Crippen molar-refractivity contribution in [1.82, 2.24) is 4.72 Å². The Morgan fingerprint density at radius 1 is 1.24 bits per heavy atom.